The molecule has 0 atom stereocenters. The van der Waals surface area contributed by atoms with Gasteiger partial charge >= 0.3 is 5.69 Å². The van der Waals surface area contributed by atoms with Crippen molar-refractivity contribution >= 4 is 28.3 Å². The van der Waals surface area contributed by atoms with Crippen LogP contribution < -0.4 is 10.6 Å². The average Bonchev–Trinajstić information content (AvgIpc) is 2.13. The van der Waals surface area contributed by atoms with E-state index >= 15 is 0 Å². The number of benzene rings is 1. The molecular weight excluding hydrogens is 226 g/mol. The van der Waals surface area contributed by atoms with Crippen LogP contribution in [0.1, 0.15) is 6.42 Å². The highest BCUT2D eigenvalue weighted by atomic mass is 35.5. The molecule has 4 nitrogen and oxygen atoms in total. The summed E-state index contributed by atoms with van der Waals surface area (Å²) in [6.07, 6.45) is 1.16. The van der Waals surface area contributed by atoms with Crippen molar-refractivity contribution in [2.24, 2.45) is 0 Å². The van der Waals surface area contributed by atoms with Gasteiger partial charge in [0, 0.05) is 23.5 Å². The Labute approximate surface area is 96.9 Å². The first-order valence-electron chi connectivity index (χ1n) is 5.18. The van der Waals surface area contributed by atoms with Crippen molar-refractivity contribution in [1.29, 1.82) is 0 Å². The number of rotatable bonds is 1. The highest BCUT2D eigenvalue weighted by Crippen LogP contribution is 2.26. The fourth-order valence-corrected chi connectivity index (χ4v) is 2.06. The normalized spacial score (nSPS) is 15.2. The van der Waals surface area contributed by atoms with E-state index in [4.69, 9.17) is 11.6 Å². The van der Waals surface area contributed by atoms with Crippen LogP contribution >= 0.6 is 11.6 Å². The molecule has 0 aliphatic carbocycles. The predicted octanol–water partition coefficient (Wildman–Crippen LogP) is 1.79. The van der Waals surface area contributed by atoms with Gasteiger partial charge < -0.3 is 9.88 Å². The summed E-state index contributed by atoms with van der Waals surface area (Å²) in [5, 5.41) is 1.56. The van der Waals surface area contributed by atoms with E-state index in [1.165, 1.54) is 0 Å². The van der Waals surface area contributed by atoms with E-state index in [1.54, 1.807) is 6.07 Å². The summed E-state index contributed by atoms with van der Waals surface area (Å²) in [4.78, 5) is 20.2. The lowest BCUT2D eigenvalue weighted by molar-refractivity contribution is 0.610. The zero-order chi connectivity index (χ0) is 11.1. The zero-order valence-corrected chi connectivity index (χ0v) is 9.29. The summed E-state index contributed by atoms with van der Waals surface area (Å²) in [6, 6.07) is 5.46. The molecule has 1 aliphatic rings. The number of anilines is 1. The molecule has 82 valence electrons. The second-order valence-corrected chi connectivity index (χ2v) is 4.33. The Hall–Kier alpha value is -1.55. The van der Waals surface area contributed by atoms with Crippen LogP contribution in [0.15, 0.2) is 23.0 Å². The summed E-state index contributed by atoms with van der Waals surface area (Å²) in [5.74, 6) is 0.765. The Morgan fingerprint density at radius 1 is 1.38 bits per heavy atom. The number of nitrogens with one attached hydrogen (secondary N) is 1. The molecule has 1 aromatic heterocycles. The first kappa shape index (κ1) is 9.66. The molecule has 1 aromatic carbocycles. The van der Waals surface area contributed by atoms with E-state index in [0.29, 0.717) is 5.02 Å². The summed E-state index contributed by atoms with van der Waals surface area (Å²) < 4.78 is 0. The van der Waals surface area contributed by atoms with Crippen molar-refractivity contribution in [3.8, 4) is 0 Å². The van der Waals surface area contributed by atoms with Crippen molar-refractivity contribution in [2.45, 2.75) is 6.42 Å². The summed E-state index contributed by atoms with van der Waals surface area (Å²) in [5.41, 5.74) is 0.422. The standard InChI is InChI=1S/C11H10ClN3O/c12-7-2-3-8-9(6-7)13-11(16)14-10(8)15-4-1-5-15/h2-3,6H,1,4-5H2,(H,13,14,16). The number of aromatic nitrogens is 2. The lowest BCUT2D eigenvalue weighted by Crippen LogP contribution is -2.38. The molecule has 16 heavy (non-hydrogen) atoms. The smallest absolute Gasteiger partial charge is 0.347 e. The Kier molecular flexibility index (Phi) is 2.11. The number of hydrogen-bond acceptors (Lipinski definition) is 3. The highest BCUT2D eigenvalue weighted by molar-refractivity contribution is 6.31. The minimum Gasteiger partial charge on any atom is -0.356 e. The fraction of sp³-hybridized carbons (Fsp3) is 0.273. The lowest BCUT2D eigenvalue weighted by atomic mass is 10.1. The second kappa shape index (κ2) is 3.49. The molecule has 1 saturated heterocycles. The number of hydrogen-bond donors (Lipinski definition) is 1. The highest BCUT2D eigenvalue weighted by Gasteiger charge is 2.19. The van der Waals surface area contributed by atoms with Crippen LogP contribution in [0.25, 0.3) is 10.9 Å². The molecule has 2 heterocycles. The maximum atomic E-state index is 11.4. The van der Waals surface area contributed by atoms with E-state index < -0.39 is 0 Å². The fourth-order valence-electron chi connectivity index (χ4n) is 1.88. The molecular formula is C11H10ClN3O. The van der Waals surface area contributed by atoms with Crippen LogP contribution in [0.4, 0.5) is 5.82 Å². The Morgan fingerprint density at radius 2 is 2.19 bits per heavy atom. The molecule has 0 spiro atoms. The number of fused-ring (bicyclic) bond motifs is 1. The topological polar surface area (TPSA) is 49.0 Å². The molecule has 5 heteroatoms. The van der Waals surface area contributed by atoms with E-state index in [9.17, 15) is 4.79 Å². The van der Waals surface area contributed by atoms with Crippen LogP contribution in [0, 0.1) is 0 Å². The van der Waals surface area contributed by atoms with Gasteiger partial charge in [-0.05, 0) is 24.6 Å². The number of nitrogens with zero attached hydrogens (tertiary/aromatic N) is 2. The Bertz CT molecular complexity index is 604. The average molecular weight is 236 g/mol. The maximum absolute atomic E-state index is 11.4. The van der Waals surface area contributed by atoms with Gasteiger partial charge in [0.2, 0.25) is 0 Å². The van der Waals surface area contributed by atoms with Gasteiger partial charge in [0.15, 0.2) is 0 Å². The van der Waals surface area contributed by atoms with Crippen LogP contribution in [0.5, 0.6) is 0 Å². The van der Waals surface area contributed by atoms with Crippen molar-refractivity contribution in [3.63, 3.8) is 0 Å². The van der Waals surface area contributed by atoms with E-state index in [1.807, 2.05) is 12.1 Å². The van der Waals surface area contributed by atoms with Crippen LogP contribution in [-0.2, 0) is 0 Å². The van der Waals surface area contributed by atoms with Gasteiger partial charge in [-0.2, -0.15) is 4.98 Å². The molecule has 0 bridgehead atoms. The van der Waals surface area contributed by atoms with Gasteiger partial charge in [-0.1, -0.05) is 11.6 Å². The van der Waals surface area contributed by atoms with Crippen LogP contribution in [-0.4, -0.2) is 23.1 Å². The predicted molar refractivity (Wildman–Crippen MR) is 64.2 cm³/mol. The monoisotopic (exact) mass is 235 g/mol. The summed E-state index contributed by atoms with van der Waals surface area (Å²) in [7, 11) is 0. The molecule has 0 saturated carbocycles. The Morgan fingerprint density at radius 3 is 2.88 bits per heavy atom. The van der Waals surface area contributed by atoms with Crippen molar-refractivity contribution in [2.75, 3.05) is 18.0 Å². The minimum absolute atomic E-state index is 0.323. The lowest BCUT2D eigenvalue weighted by Gasteiger charge is -2.32. The third-order valence-corrected chi connectivity index (χ3v) is 3.06. The maximum Gasteiger partial charge on any atom is 0.347 e. The van der Waals surface area contributed by atoms with Gasteiger partial charge in [-0.25, -0.2) is 4.79 Å². The third-order valence-electron chi connectivity index (χ3n) is 2.83. The van der Waals surface area contributed by atoms with Crippen molar-refractivity contribution in [1.82, 2.24) is 9.97 Å². The second-order valence-electron chi connectivity index (χ2n) is 3.90. The van der Waals surface area contributed by atoms with Crippen LogP contribution in [0.2, 0.25) is 5.02 Å². The molecule has 1 fully saturated rings. The quantitative estimate of drug-likeness (QED) is 0.820. The third kappa shape index (κ3) is 1.46. The van der Waals surface area contributed by atoms with E-state index in [-0.39, 0.29) is 5.69 Å². The van der Waals surface area contributed by atoms with Crippen molar-refractivity contribution < 1.29 is 0 Å². The Balaban J connectivity index is 2.29. The first-order chi connectivity index (χ1) is 7.74. The van der Waals surface area contributed by atoms with Crippen molar-refractivity contribution in [3.05, 3.63) is 33.7 Å². The molecule has 3 rings (SSSR count). The van der Waals surface area contributed by atoms with Gasteiger partial charge in [0.25, 0.3) is 0 Å². The molecule has 0 unspecified atom stereocenters. The molecule has 1 N–H and O–H groups in total. The van der Waals surface area contributed by atoms with Gasteiger partial charge in [-0.15, -0.1) is 0 Å². The van der Waals surface area contributed by atoms with Gasteiger partial charge in [0.05, 0.1) is 5.52 Å². The molecule has 1 aliphatic heterocycles. The number of halogens is 1. The van der Waals surface area contributed by atoms with Gasteiger partial charge in [-0.3, -0.25) is 0 Å². The van der Waals surface area contributed by atoms with E-state index in [2.05, 4.69) is 14.9 Å². The molecule has 2 aromatic rings. The van der Waals surface area contributed by atoms with Crippen LogP contribution in [0.3, 0.4) is 0 Å². The summed E-state index contributed by atoms with van der Waals surface area (Å²) in [6.45, 7) is 1.93. The zero-order valence-electron chi connectivity index (χ0n) is 8.53. The number of aromatic amines is 1. The molecule has 0 amide bonds. The van der Waals surface area contributed by atoms with E-state index in [0.717, 1.165) is 36.2 Å². The first-order valence-corrected chi connectivity index (χ1v) is 5.56. The summed E-state index contributed by atoms with van der Waals surface area (Å²) >= 11 is 5.89. The molecule has 0 radical (unpaired) electrons. The minimum atomic E-state index is -0.323. The van der Waals surface area contributed by atoms with Gasteiger partial charge in [0.1, 0.15) is 5.82 Å². The SMILES string of the molecule is O=c1nc(N2CCC2)c2ccc(Cl)cc2[nH]1. The largest absolute Gasteiger partial charge is 0.356 e. The number of H-pyrrole nitrogens is 1.